The molecule has 0 spiro atoms. The number of amides is 1. The summed E-state index contributed by atoms with van der Waals surface area (Å²) >= 11 is 0. The highest BCUT2D eigenvalue weighted by molar-refractivity contribution is 5.96. The van der Waals surface area contributed by atoms with E-state index in [4.69, 9.17) is 9.47 Å². The molecule has 0 fully saturated rings. The molecular formula is C19H18N2O4. The SMILES string of the molecule is COc1ccc(CNC(=O)c2cc3ccccc3c(=O)[nH]2)cc1OC. The van der Waals surface area contributed by atoms with Gasteiger partial charge < -0.3 is 19.8 Å². The van der Waals surface area contributed by atoms with Crippen molar-refractivity contribution < 1.29 is 14.3 Å². The highest BCUT2D eigenvalue weighted by Crippen LogP contribution is 2.27. The van der Waals surface area contributed by atoms with Crippen LogP contribution in [-0.2, 0) is 6.54 Å². The highest BCUT2D eigenvalue weighted by atomic mass is 16.5. The van der Waals surface area contributed by atoms with Gasteiger partial charge >= 0.3 is 0 Å². The number of aromatic amines is 1. The normalized spacial score (nSPS) is 10.5. The Morgan fingerprint density at radius 1 is 1.04 bits per heavy atom. The standard InChI is InChI=1S/C19H18N2O4/c1-24-16-8-7-12(9-17(16)25-2)11-20-19(23)15-10-13-5-3-4-6-14(13)18(22)21-15/h3-10H,11H2,1-2H3,(H,20,23)(H,21,22). The van der Waals surface area contributed by atoms with Gasteiger partial charge in [0, 0.05) is 11.9 Å². The third-order valence-corrected chi connectivity index (χ3v) is 3.90. The third-order valence-electron chi connectivity index (χ3n) is 3.90. The third kappa shape index (κ3) is 3.47. The number of methoxy groups -OCH3 is 2. The van der Waals surface area contributed by atoms with Gasteiger partial charge in [-0.2, -0.15) is 0 Å². The van der Waals surface area contributed by atoms with Gasteiger partial charge in [0.1, 0.15) is 5.69 Å². The largest absolute Gasteiger partial charge is 0.493 e. The van der Waals surface area contributed by atoms with E-state index in [1.54, 1.807) is 50.6 Å². The van der Waals surface area contributed by atoms with Gasteiger partial charge in [0.05, 0.1) is 14.2 Å². The Balaban J connectivity index is 1.78. The fourth-order valence-electron chi connectivity index (χ4n) is 2.60. The molecule has 1 heterocycles. The van der Waals surface area contributed by atoms with Crippen LogP contribution in [0.4, 0.5) is 0 Å². The fourth-order valence-corrected chi connectivity index (χ4v) is 2.60. The van der Waals surface area contributed by atoms with Crippen LogP contribution in [0.2, 0.25) is 0 Å². The van der Waals surface area contributed by atoms with E-state index < -0.39 is 0 Å². The molecule has 128 valence electrons. The number of rotatable bonds is 5. The van der Waals surface area contributed by atoms with Crippen molar-refractivity contribution in [2.45, 2.75) is 6.54 Å². The number of hydrogen-bond donors (Lipinski definition) is 2. The van der Waals surface area contributed by atoms with E-state index in [1.807, 2.05) is 12.1 Å². The maximum Gasteiger partial charge on any atom is 0.268 e. The van der Waals surface area contributed by atoms with Gasteiger partial charge in [-0.3, -0.25) is 9.59 Å². The van der Waals surface area contributed by atoms with Crippen LogP contribution < -0.4 is 20.3 Å². The van der Waals surface area contributed by atoms with Gasteiger partial charge in [-0.15, -0.1) is 0 Å². The summed E-state index contributed by atoms with van der Waals surface area (Å²) in [5.74, 6) is 0.863. The molecule has 0 atom stereocenters. The van der Waals surface area contributed by atoms with E-state index in [0.29, 0.717) is 23.4 Å². The van der Waals surface area contributed by atoms with Crippen molar-refractivity contribution in [2.75, 3.05) is 14.2 Å². The van der Waals surface area contributed by atoms with Gasteiger partial charge in [0.15, 0.2) is 11.5 Å². The summed E-state index contributed by atoms with van der Waals surface area (Å²) in [4.78, 5) is 27.0. The Kier molecular flexibility index (Phi) is 4.70. The molecule has 0 bridgehead atoms. The second-order valence-corrected chi connectivity index (χ2v) is 5.47. The molecule has 0 aliphatic rings. The first kappa shape index (κ1) is 16.6. The molecule has 2 N–H and O–H groups in total. The maximum atomic E-state index is 12.4. The van der Waals surface area contributed by atoms with Crippen molar-refractivity contribution in [3.05, 3.63) is 70.1 Å². The van der Waals surface area contributed by atoms with Gasteiger partial charge in [-0.05, 0) is 35.2 Å². The molecule has 3 aromatic rings. The summed E-state index contributed by atoms with van der Waals surface area (Å²) in [6.07, 6.45) is 0. The summed E-state index contributed by atoms with van der Waals surface area (Å²) in [5, 5.41) is 4.07. The van der Waals surface area contributed by atoms with Crippen molar-refractivity contribution in [2.24, 2.45) is 0 Å². The minimum atomic E-state index is -0.349. The molecule has 0 aliphatic carbocycles. The number of fused-ring (bicyclic) bond motifs is 1. The molecule has 1 aromatic heterocycles. The summed E-state index contributed by atoms with van der Waals surface area (Å²) in [7, 11) is 3.12. The first-order valence-electron chi connectivity index (χ1n) is 7.73. The monoisotopic (exact) mass is 338 g/mol. The predicted octanol–water partition coefficient (Wildman–Crippen LogP) is 2.48. The van der Waals surface area contributed by atoms with Crippen molar-refractivity contribution >= 4 is 16.7 Å². The van der Waals surface area contributed by atoms with Crippen molar-refractivity contribution in [1.29, 1.82) is 0 Å². The molecule has 6 heteroatoms. The number of nitrogens with one attached hydrogen (secondary N) is 2. The molecule has 1 amide bonds. The van der Waals surface area contributed by atoms with E-state index >= 15 is 0 Å². The number of ether oxygens (including phenoxy) is 2. The van der Waals surface area contributed by atoms with E-state index in [0.717, 1.165) is 10.9 Å². The number of carbonyl (C=O) groups is 1. The van der Waals surface area contributed by atoms with Crippen LogP contribution in [0.1, 0.15) is 16.1 Å². The molecule has 2 aromatic carbocycles. The first-order valence-corrected chi connectivity index (χ1v) is 7.73. The lowest BCUT2D eigenvalue weighted by Gasteiger charge is -2.10. The van der Waals surface area contributed by atoms with Gasteiger partial charge in [0.2, 0.25) is 0 Å². The van der Waals surface area contributed by atoms with Crippen LogP contribution in [0.5, 0.6) is 11.5 Å². The quantitative estimate of drug-likeness (QED) is 0.749. The molecular weight excluding hydrogens is 320 g/mol. The lowest BCUT2D eigenvalue weighted by molar-refractivity contribution is 0.0946. The number of aromatic nitrogens is 1. The summed E-state index contributed by atoms with van der Waals surface area (Å²) in [5.41, 5.74) is 0.799. The Bertz CT molecular complexity index is 979. The topological polar surface area (TPSA) is 80.4 Å². The van der Waals surface area contributed by atoms with Crippen molar-refractivity contribution in [1.82, 2.24) is 10.3 Å². The van der Waals surface area contributed by atoms with Gasteiger partial charge in [0.25, 0.3) is 11.5 Å². The number of benzene rings is 2. The Hall–Kier alpha value is -3.28. The predicted molar refractivity (Wildman–Crippen MR) is 95.3 cm³/mol. The van der Waals surface area contributed by atoms with Crippen LogP contribution in [0.3, 0.4) is 0 Å². The van der Waals surface area contributed by atoms with Crippen LogP contribution in [-0.4, -0.2) is 25.1 Å². The summed E-state index contributed by atoms with van der Waals surface area (Å²) < 4.78 is 10.4. The lowest BCUT2D eigenvalue weighted by atomic mass is 10.1. The van der Waals surface area contributed by atoms with Crippen molar-refractivity contribution in [3.63, 3.8) is 0 Å². The minimum Gasteiger partial charge on any atom is -0.493 e. The second kappa shape index (κ2) is 7.09. The average molecular weight is 338 g/mol. The van der Waals surface area contributed by atoms with E-state index in [1.165, 1.54) is 0 Å². The lowest BCUT2D eigenvalue weighted by Crippen LogP contribution is -2.26. The molecule has 0 radical (unpaired) electrons. The molecule has 0 aliphatic heterocycles. The zero-order chi connectivity index (χ0) is 17.8. The number of hydrogen-bond acceptors (Lipinski definition) is 4. The Labute approximate surface area is 144 Å². The van der Waals surface area contributed by atoms with E-state index in [2.05, 4.69) is 10.3 Å². The first-order chi connectivity index (χ1) is 12.1. The Morgan fingerprint density at radius 2 is 1.80 bits per heavy atom. The zero-order valence-corrected chi connectivity index (χ0v) is 14.0. The average Bonchev–Trinajstić information content (AvgIpc) is 2.65. The molecule has 0 unspecified atom stereocenters. The van der Waals surface area contributed by atoms with Crippen molar-refractivity contribution in [3.8, 4) is 11.5 Å². The zero-order valence-electron chi connectivity index (χ0n) is 14.0. The summed E-state index contributed by atoms with van der Waals surface area (Å²) in [6, 6.07) is 14.2. The van der Waals surface area contributed by atoms with Crippen LogP contribution >= 0.6 is 0 Å². The fraction of sp³-hybridized carbons (Fsp3) is 0.158. The molecule has 0 saturated carbocycles. The van der Waals surface area contributed by atoms with Crippen LogP contribution in [0.25, 0.3) is 10.8 Å². The number of pyridine rings is 1. The minimum absolute atomic E-state index is 0.226. The number of H-pyrrole nitrogens is 1. The highest BCUT2D eigenvalue weighted by Gasteiger charge is 2.10. The molecule has 6 nitrogen and oxygen atoms in total. The van der Waals surface area contributed by atoms with Crippen LogP contribution in [0.15, 0.2) is 53.3 Å². The summed E-state index contributed by atoms with van der Waals surface area (Å²) in [6.45, 7) is 0.300. The molecule has 0 saturated heterocycles. The Morgan fingerprint density at radius 3 is 2.56 bits per heavy atom. The second-order valence-electron chi connectivity index (χ2n) is 5.47. The van der Waals surface area contributed by atoms with Crippen LogP contribution in [0, 0.1) is 0 Å². The van der Waals surface area contributed by atoms with Gasteiger partial charge in [-0.25, -0.2) is 0 Å². The molecule has 25 heavy (non-hydrogen) atoms. The molecule has 3 rings (SSSR count). The maximum absolute atomic E-state index is 12.4. The van der Waals surface area contributed by atoms with Gasteiger partial charge in [-0.1, -0.05) is 24.3 Å². The smallest absolute Gasteiger partial charge is 0.268 e. The van der Waals surface area contributed by atoms with E-state index in [-0.39, 0.29) is 17.2 Å². The number of carbonyl (C=O) groups excluding carboxylic acids is 1. The van der Waals surface area contributed by atoms with E-state index in [9.17, 15) is 9.59 Å².